The van der Waals surface area contributed by atoms with Crippen LogP contribution >= 0.6 is 31.9 Å². The Bertz CT molecular complexity index is 1310. The van der Waals surface area contributed by atoms with Crippen LogP contribution in [0.1, 0.15) is 22.3 Å². The third-order valence-corrected chi connectivity index (χ3v) is 8.45. The van der Waals surface area contributed by atoms with Crippen LogP contribution in [0, 0.1) is 29.9 Å². The topological polar surface area (TPSA) is 106 Å². The molecule has 0 atom stereocenters. The Morgan fingerprint density at radius 3 is 1.94 bits per heavy atom. The average molecular weight is 610 g/mol. The molecule has 0 heterocycles. The Labute approximate surface area is 215 Å². The minimum atomic E-state index is -4.33. The van der Waals surface area contributed by atoms with Gasteiger partial charge in [0.15, 0.2) is 0 Å². The van der Waals surface area contributed by atoms with Crippen molar-refractivity contribution in [2.45, 2.75) is 31.6 Å². The third kappa shape index (κ3) is 6.11. The fraction of sp³-hybridized carbons (Fsp3) is 0.208. The van der Waals surface area contributed by atoms with Crippen molar-refractivity contribution < 1.29 is 18.1 Å². The van der Waals surface area contributed by atoms with Gasteiger partial charge in [-0.15, -0.1) is 0 Å². The summed E-state index contributed by atoms with van der Waals surface area (Å²) in [6.07, 6.45) is 0.578. The molecular weight excluding hydrogens is 588 g/mol. The SMILES string of the molecule is Cc1cc(S(=O)(=O)NC(=O)C(Cc2ccccc2Br)Cc2ccccc2Br)cc([N+](=O)[O-])c1C. The summed E-state index contributed by atoms with van der Waals surface area (Å²) in [5.74, 6) is -1.40. The summed E-state index contributed by atoms with van der Waals surface area (Å²) in [6, 6.07) is 17.2. The largest absolute Gasteiger partial charge is 0.274 e. The Balaban J connectivity index is 1.95. The summed E-state index contributed by atoms with van der Waals surface area (Å²) in [5, 5.41) is 11.4. The molecule has 0 saturated carbocycles. The van der Waals surface area contributed by atoms with Crippen LogP contribution in [0.4, 0.5) is 5.69 Å². The van der Waals surface area contributed by atoms with Gasteiger partial charge in [0.2, 0.25) is 5.91 Å². The summed E-state index contributed by atoms with van der Waals surface area (Å²) in [6.45, 7) is 3.14. The lowest BCUT2D eigenvalue weighted by Gasteiger charge is -2.19. The predicted octanol–water partition coefficient (Wildman–Crippen LogP) is 5.64. The molecule has 3 aromatic rings. The molecule has 10 heteroatoms. The number of nitrogens with one attached hydrogen (secondary N) is 1. The number of hydrogen-bond acceptors (Lipinski definition) is 5. The van der Waals surface area contributed by atoms with Gasteiger partial charge in [-0.3, -0.25) is 14.9 Å². The van der Waals surface area contributed by atoms with Crippen molar-refractivity contribution in [2.75, 3.05) is 0 Å². The monoisotopic (exact) mass is 608 g/mol. The molecule has 3 aromatic carbocycles. The number of nitrogens with zero attached hydrogens (tertiary/aromatic N) is 1. The van der Waals surface area contributed by atoms with E-state index in [0.717, 1.165) is 26.1 Å². The van der Waals surface area contributed by atoms with E-state index in [1.807, 2.05) is 48.5 Å². The van der Waals surface area contributed by atoms with Gasteiger partial charge in [0.25, 0.3) is 15.7 Å². The lowest BCUT2D eigenvalue weighted by atomic mass is 9.92. The van der Waals surface area contributed by atoms with Crippen LogP contribution in [0.25, 0.3) is 0 Å². The Morgan fingerprint density at radius 1 is 0.971 bits per heavy atom. The van der Waals surface area contributed by atoms with Crippen LogP contribution in [-0.2, 0) is 27.7 Å². The number of sulfonamides is 1. The second-order valence-corrected chi connectivity index (χ2v) is 11.3. The van der Waals surface area contributed by atoms with Crippen molar-refractivity contribution in [3.63, 3.8) is 0 Å². The number of nitro benzene ring substituents is 1. The van der Waals surface area contributed by atoms with E-state index < -0.39 is 26.8 Å². The maximum absolute atomic E-state index is 13.3. The maximum atomic E-state index is 13.3. The number of amides is 1. The first-order chi connectivity index (χ1) is 16.0. The number of hydrogen-bond donors (Lipinski definition) is 1. The minimum absolute atomic E-state index is 0.289. The molecule has 0 saturated heterocycles. The predicted molar refractivity (Wildman–Crippen MR) is 137 cm³/mol. The Kier molecular flexibility index (Phi) is 8.27. The standard InChI is InChI=1S/C24H22Br2N2O5S/c1-15-11-20(14-23(16(15)2)28(30)31)34(32,33)27-24(29)19(12-17-7-3-5-9-21(17)25)13-18-8-4-6-10-22(18)26/h3-11,14,19H,12-13H2,1-2H3,(H,27,29). The van der Waals surface area contributed by atoms with E-state index in [1.54, 1.807) is 13.8 Å². The van der Waals surface area contributed by atoms with Gasteiger partial charge in [0, 0.05) is 26.5 Å². The molecule has 178 valence electrons. The van der Waals surface area contributed by atoms with Crippen LogP contribution < -0.4 is 4.72 Å². The van der Waals surface area contributed by atoms with Gasteiger partial charge >= 0.3 is 0 Å². The molecule has 3 rings (SSSR count). The van der Waals surface area contributed by atoms with Crippen LogP contribution in [0.5, 0.6) is 0 Å². The zero-order valence-electron chi connectivity index (χ0n) is 18.4. The van der Waals surface area contributed by atoms with E-state index >= 15 is 0 Å². The fourth-order valence-corrected chi connectivity index (χ4v) is 5.59. The molecule has 0 spiro atoms. The van der Waals surface area contributed by atoms with Crippen LogP contribution in [0.15, 0.2) is 74.5 Å². The molecule has 0 bridgehead atoms. The van der Waals surface area contributed by atoms with Gasteiger partial charge < -0.3 is 0 Å². The quantitative estimate of drug-likeness (QED) is 0.263. The molecule has 0 aromatic heterocycles. The third-order valence-electron chi connectivity index (χ3n) is 5.57. The van der Waals surface area contributed by atoms with E-state index in [4.69, 9.17) is 0 Å². The van der Waals surface area contributed by atoms with Crippen molar-refractivity contribution in [3.05, 3.63) is 102 Å². The van der Waals surface area contributed by atoms with Crippen LogP contribution in [0.2, 0.25) is 0 Å². The molecule has 1 amide bonds. The zero-order chi connectivity index (χ0) is 25.0. The maximum Gasteiger partial charge on any atom is 0.273 e. The first-order valence-corrected chi connectivity index (χ1v) is 13.4. The number of carbonyl (C=O) groups is 1. The summed E-state index contributed by atoms with van der Waals surface area (Å²) in [5.41, 5.74) is 2.21. The first kappa shape index (κ1) is 26.1. The second-order valence-electron chi connectivity index (χ2n) is 7.90. The van der Waals surface area contributed by atoms with Gasteiger partial charge in [0.05, 0.1) is 9.82 Å². The second kappa shape index (κ2) is 10.8. The van der Waals surface area contributed by atoms with Crippen molar-refractivity contribution >= 4 is 53.5 Å². The van der Waals surface area contributed by atoms with E-state index in [2.05, 4.69) is 36.6 Å². The number of benzene rings is 3. The molecule has 0 unspecified atom stereocenters. The zero-order valence-corrected chi connectivity index (χ0v) is 22.4. The van der Waals surface area contributed by atoms with Gasteiger partial charge in [-0.2, -0.15) is 0 Å². The van der Waals surface area contributed by atoms with Gasteiger partial charge in [-0.05, 0) is 61.6 Å². The highest BCUT2D eigenvalue weighted by atomic mass is 79.9. The van der Waals surface area contributed by atoms with Crippen molar-refractivity contribution in [1.82, 2.24) is 4.72 Å². The molecular formula is C24H22Br2N2O5S. The first-order valence-electron chi connectivity index (χ1n) is 10.3. The number of halogens is 2. The molecule has 0 aliphatic heterocycles. The molecule has 0 aliphatic carbocycles. The molecule has 0 aliphatic rings. The smallest absolute Gasteiger partial charge is 0.273 e. The highest BCUT2D eigenvalue weighted by Gasteiger charge is 2.28. The molecule has 7 nitrogen and oxygen atoms in total. The molecule has 34 heavy (non-hydrogen) atoms. The lowest BCUT2D eigenvalue weighted by Crippen LogP contribution is -2.37. The number of aryl methyl sites for hydroxylation is 1. The normalized spacial score (nSPS) is 11.4. The van der Waals surface area contributed by atoms with E-state index in [-0.39, 0.29) is 23.4 Å². The number of carbonyl (C=O) groups excluding carboxylic acids is 1. The van der Waals surface area contributed by atoms with Gasteiger partial charge in [-0.1, -0.05) is 68.3 Å². The Hall–Kier alpha value is -2.56. The Morgan fingerprint density at radius 2 is 1.47 bits per heavy atom. The van der Waals surface area contributed by atoms with Gasteiger partial charge in [0.1, 0.15) is 0 Å². The molecule has 0 radical (unpaired) electrons. The molecule has 0 fully saturated rings. The van der Waals surface area contributed by atoms with Crippen LogP contribution in [0.3, 0.4) is 0 Å². The number of nitro groups is 1. The van der Waals surface area contributed by atoms with E-state index in [1.165, 1.54) is 6.07 Å². The fourth-order valence-electron chi connectivity index (χ4n) is 3.54. The van der Waals surface area contributed by atoms with Crippen molar-refractivity contribution in [2.24, 2.45) is 5.92 Å². The highest BCUT2D eigenvalue weighted by Crippen LogP contribution is 2.28. The van der Waals surface area contributed by atoms with E-state index in [9.17, 15) is 23.3 Å². The lowest BCUT2D eigenvalue weighted by molar-refractivity contribution is -0.385. The highest BCUT2D eigenvalue weighted by molar-refractivity contribution is 9.10. The van der Waals surface area contributed by atoms with Crippen molar-refractivity contribution in [1.29, 1.82) is 0 Å². The molecule has 1 N–H and O–H groups in total. The summed E-state index contributed by atoms with van der Waals surface area (Å²) >= 11 is 6.97. The summed E-state index contributed by atoms with van der Waals surface area (Å²) < 4.78 is 29.9. The van der Waals surface area contributed by atoms with E-state index in [0.29, 0.717) is 11.1 Å². The van der Waals surface area contributed by atoms with Crippen LogP contribution in [-0.4, -0.2) is 19.2 Å². The minimum Gasteiger partial charge on any atom is -0.274 e. The van der Waals surface area contributed by atoms with Gasteiger partial charge in [-0.25, -0.2) is 13.1 Å². The number of rotatable bonds is 8. The summed E-state index contributed by atoms with van der Waals surface area (Å²) in [4.78, 5) is 23.7. The average Bonchev–Trinajstić information content (AvgIpc) is 2.77. The summed E-state index contributed by atoms with van der Waals surface area (Å²) in [7, 11) is -4.33. The van der Waals surface area contributed by atoms with Crippen molar-refractivity contribution in [3.8, 4) is 0 Å².